The van der Waals surface area contributed by atoms with Crippen molar-refractivity contribution in [2.24, 2.45) is 5.92 Å². The summed E-state index contributed by atoms with van der Waals surface area (Å²) in [6.07, 6.45) is 0. The molecule has 90 valence electrons. The summed E-state index contributed by atoms with van der Waals surface area (Å²) in [6.45, 7) is 2.64. The summed E-state index contributed by atoms with van der Waals surface area (Å²) in [5.74, 6) is -4.04. The maximum Gasteiger partial charge on any atom is 0.287 e. The monoisotopic (exact) mass is 224 g/mol. The molecule has 0 radical (unpaired) electrons. The van der Waals surface area contributed by atoms with E-state index >= 15 is 0 Å². The van der Waals surface area contributed by atoms with Crippen molar-refractivity contribution in [3.63, 3.8) is 0 Å². The predicted molar refractivity (Wildman–Crippen MR) is 52.8 cm³/mol. The molecule has 0 heterocycles. The lowest BCUT2D eigenvalue weighted by molar-refractivity contribution is -0.127. The number of hydrogen-bond acceptors (Lipinski definition) is 3. The zero-order valence-electron chi connectivity index (χ0n) is 9.02. The van der Waals surface area contributed by atoms with Crippen molar-refractivity contribution >= 4 is 5.91 Å². The van der Waals surface area contributed by atoms with Crippen LogP contribution in [0.2, 0.25) is 0 Å². The molecule has 0 saturated carbocycles. The third-order valence-corrected chi connectivity index (χ3v) is 1.90. The van der Waals surface area contributed by atoms with Gasteiger partial charge in [-0.15, -0.1) is 0 Å². The Morgan fingerprint density at radius 3 is 2.60 bits per heavy atom. The Balaban J connectivity index is 3.82. The molecule has 0 rings (SSSR count). The topological polar surface area (TPSA) is 61.4 Å². The quantitative estimate of drug-likeness (QED) is 0.569. The lowest BCUT2D eigenvalue weighted by Crippen LogP contribution is -2.42. The van der Waals surface area contributed by atoms with Gasteiger partial charge in [0.25, 0.3) is 5.92 Å². The average Bonchev–Trinajstić information content (AvgIpc) is 2.22. The minimum atomic E-state index is -3.24. The molecule has 3 N–H and O–H groups in total. The summed E-state index contributed by atoms with van der Waals surface area (Å²) < 4.78 is 25.1. The van der Waals surface area contributed by atoms with Crippen LogP contribution in [-0.4, -0.2) is 43.2 Å². The zero-order chi connectivity index (χ0) is 11.9. The molecule has 0 aliphatic rings. The molecular weight excluding hydrogens is 206 g/mol. The maximum atomic E-state index is 12.5. The fourth-order valence-corrected chi connectivity index (χ4v) is 0.900. The van der Waals surface area contributed by atoms with Gasteiger partial charge in [-0.2, -0.15) is 0 Å². The molecule has 0 aromatic heterocycles. The molecule has 0 aliphatic heterocycles. The fraction of sp³-hybridized carbons (Fsp3) is 0.889. The van der Waals surface area contributed by atoms with Crippen molar-refractivity contribution in [1.29, 1.82) is 0 Å². The highest BCUT2D eigenvalue weighted by Crippen LogP contribution is 2.09. The minimum Gasteiger partial charge on any atom is -0.390 e. The second-order valence-corrected chi connectivity index (χ2v) is 3.44. The lowest BCUT2D eigenvalue weighted by atomic mass is 10.1. The second kappa shape index (κ2) is 6.68. The molecule has 4 nitrogen and oxygen atoms in total. The zero-order valence-corrected chi connectivity index (χ0v) is 9.02. The smallest absolute Gasteiger partial charge is 0.287 e. The van der Waals surface area contributed by atoms with Crippen molar-refractivity contribution in [2.75, 3.05) is 26.2 Å². The van der Waals surface area contributed by atoms with Crippen LogP contribution in [0.25, 0.3) is 0 Å². The van der Waals surface area contributed by atoms with Crippen molar-refractivity contribution in [1.82, 2.24) is 10.6 Å². The summed E-state index contributed by atoms with van der Waals surface area (Å²) in [7, 11) is 0. The molecule has 0 fully saturated rings. The van der Waals surface area contributed by atoms with E-state index in [1.54, 1.807) is 6.92 Å². The number of amides is 1. The number of alkyl halides is 2. The molecule has 0 aliphatic carbocycles. The number of aliphatic hydroxyl groups is 1. The van der Waals surface area contributed by atoms with Gasteiger partial charge in [-0.1, -0.05) is 13.8 Å². The normalized spacial score (nSPS) is 13.7. The summed E-state index contributed by atoms with van der Waals surface area (Å²) >= 11 is 0. The molecule has 15 heavy (non-hydrogen) atoms. The largest absolute Gasteiger partial charge is 0.390 e. The Labute approximate surface area is 88.0 Å². The SMILES string of the molecule is CCNCC(C)C(=O)NCC(F)(F)CO. The van der Waals surface area contributed by atoms with Crippen LogP contribution in [0.15, 0.2) is 0 Å². The van der Waals surface area contributed by atoms with Crippen LogP contribution in [0.3, 0.4) is 0 Å². The van der Waals surface area contributed by atoms with Gasteiger partial charge in [-0.25, -0.2) is 8.78 Å². The van der Waals surface area contributed by atoms with Crippen molar-refractivity contribution < 1.29 is 18.7 Å². The van der Waals surface area contributed by atoms with E-state index < -0.39 is 25.0 Å². The summed E-state index contributed by atoms with van der Waals surface area (Å²) in [5, 5.41) is 13.3. The Morgan fingerprint density at radius 2 is 2.13 bits per heavy atom. The first-order chi connectivity index (χ1) is 6.93. The molecule has 0 saturated heterocycles. The van der Waals surface area contributed by atoms with E-state index in [0.29, 0.717) is 6.54 Å². The van der Waals surface area contributed by atoms with E-state index in [4.69, 9.17) is 5.11 Å². The van der Waals surface area contributed by atoms with E-state index in [9.17, 15) is 13.6 Å². The molecule has 0 bridgehead atoms. The Hall–Kier alpha value is -0.750. The fourth-order valence-electron chi connectivity index (χ4n) is 0.900. The Kier molecular flexibility index (Phi) is 6.35. The number of carbonyl (C=O) groups excluding carboxylic acids is 1. The second-order valence-electron chi connectivity index (χ2n) is 3.44. The average molecular weight is 224 g/mol. The molecule has 6 heteroatoms. The van der Waals surface area contributed by atoms with Crippen molar-refractivity contribution in [2.45, 2.75) is 19.8 Å². The molecule has 1 atom stereocenters. The van der Waals surface area contributed by atoms with Crippen LogP contribution < -0.4 is 10.6 Å². The molecule has 0 spiro atoms. The van der Waals surface area contributed by atoms with E-state index in [1.807, 2.05) is 6.92 Å². The first-order valence-electron chi connectivity index (χ1n) is 4.90. The van der Waals surface area contributed by atoms with Crippen LogP contribution in [0, 0.1) is 5.92 Å². The van der Waals surface area contributed by atoms with Gasteiger partial charge < -0.3 is 15.7 Å². The van der Waals surface area contributed by atoms with Gasteiger partial charge in [-0.3, -0.25) is 4.79 Å². The van der Waals surface area contributed by atoms with Gasteiger partial charge in [0.15, 0.2) is 0 Å². The lowest BCUT2D eigenvalue weighted by Gasteiger charge is -2.16. The number of carbonyl (C=O) groups is 1. The van der Waals surface area contributed by atoms with Gasteiger partial charge in [0.05, 0.1) is 6.54 Å². The maximum absolute atomic E-state index is 12.5. The third kappa shape index (κ3) is 6.35. The molecule has 1 amide bonds. The highest BCUT2D eigenvalue weighted by atomic mass is 19.3. The standard InChI is InChI=1S/C9H18F2N2O2/c1-3-12-4-7(2)8(15)13-5-9(10,11)6-14/h7,12,14H,3-6H2,1-2H3,(H,13,15). The number of halogens is 2. The van der Waals surface area contributed by atoms with Gasteiger partial charge in [0.1, 0.15) is 6.61 Å². The predicted octanol–water partition coefficient (Wildman–Crippen LogP) is -0.0242. The van der Waals surface area contributed by atoms with E-state index in [1.165, 1.54) is 0 Å². The summed E-state index contributed by atoms with van der Waals surface area (Å²) in [5.41, 5.74) is 0. The van der Waals surface area contributed by atoms with Gasteiger partial charge >= 0.3 is 0 Å². The summed E-state index contributed by atoms with van der Waals surface area (Å²) in [6, 6.07) is 0. The van der Waals surface area contributed by atoms with Gasteiger partial charge in [0.2, 0.25) is 5.91 Å². The molecular formula is C9H18F2N2O2. The van der Waals surface area contributed by atoms with Crippen LogP contribution >= 0.6 is 0 Å². The molecule has 1 unspecified atom stereocenters. The Morgan fingerprint density at radius 1 is 1.53 bits per heavy atom. The van der Waals surface area contributed by atoms with E-state index in [2.05, 4.69) is 10.6 Å². The van der Waals surface area contributed by atoms with Crippen LogP contribution in [-0.2, 0) is 4.79 Å². The Bertz CT molecular complexity index is 201. The third-order valence-electron chi connectivity index (χ3n) is 1.90. The molecule has 0 aromatic carbocycles. The number of nitrogens with one attached hydrogen (secondary N) is 2. The van der Waals surface area contributed by atoms with Crippen molar-refractivity contribution in [3.05, 3.63) is 0 Å². The van der Waals surface area contributed by atoms with Crippen molar-refractivity contribution in [3.8, 4) is 0 Å². The van der Waals surface area contributed by atoms with Gasteiger partial charge in [0, 0.05) is 12.5 Å². The van der Waals surface area contributed by atoms with E-state index in [-0.39, 0.29) is 5.92 Å². The van der Waals surface area contributed by atoms with Crippen LogP contribution in [0.5, 0.6) is 0 Å². The van der Waals surface area contributed by atoms with Crippen LogP contribution in [0.1, 0.15) is 13.8 Å². The van der Waals surface area contributed by atoms with Crippen LogP contribution in [0.4, 0.5) is 8.78 Å². The van der Waals surface area contributed by atoms with Gasteiger partial charge in [-0.05, 0) is 6.54 Å². The highest BCUT2D eigenvalue weighted by Gasteiger charge is 2.28. The minimum absolute atomic E-state index is 0.362. The number of aliphatic hydroxyl groups excluding tert-OH is 1. The first-order valence-corrected chi connectivity index (χ1v) is 4.90. The highest BCUT2D eigenvalue weighted by molar-refractivity contribution is 5.78. The first kappa shape index (κ1) is 14.2. The van der Waals surface area contributed by atoms with E-state index in [0.717, 1.165) is 6.54 Å². The summed E-state index contributed by atoms with van der Waals surface area (Å²) in [4.78, 5) is 11.2. The number of rotatable bonds is 7. The number of hydrogen-bond donors (Lipinski definition) is 3. The molecule has 0 aromatic rings.